The van der Waals surface area contributed by atoms with Crippen LogP contribution in [0.2, 0.25) is 0 Å². The van der Waals surface area contributed by atoms with E-state index in [9.17, 15) is 18.8 Å². The van der Waals surface area contributed by atoms with Gasteiger partial charge < -0.3 is 14.8 Å². The quantitative estimate of drug-likeness (QED) is 0.190. The minimum Gasteiger partial charge on any atom is -0.454 e. The summed E-state index contributed by atoms with van der Waals surface area (Å²) >= 11 is 0. The third-order valence-corrected chi connectivity index (χ3v) is 7.59. The third-order valence-electron chi connectivity index (χ3n) is 7.59. The molecular formula is C36H32F2N6O5. The number of nitrogens with one attached hydrogen (secondary N) is 1. The first-order valence-corrected chi connectivity index (χ1v) is 15.3. The predicted octanol–water partition coefficient (Wildman–Crippen LogP) is 7.26. The minimum atomic E-state index is -0.787. The Morgan fingerprint density at radius 1 is 0.918 bits per heavy atom. The molecule has 0 saturated heterocycles. The van der Waals surface area contributed by atoms with Crippen LogP contribution in [-0.4, -0.2) is 41.7 Å². The van der Waals surface area contributed by atoms with Crippen LogP contribution in [-0.2, 0) is 18.2 Å². The summed E-state index contributed by atoms with van der Waals surface area (Å²) in [6.07, 6.45) is 4.43. The van der Waals surface area contributed by atoms with E-state index >= 15 is 4.39 Å². The summed E-state index contributed by atoms with van der Waals surface area (Å²) in [5.41, 5.74) is 1.40. The average molecular weight is 667 g/mol. The molecule has 0 aliphatic heterocycles. The highest BCUT2D eigenvalue weighted by Gasteiger charge is 2.22. The van der Waals surface area contributed by atoms with E-state index in [1.54, 1.807) is 56.9 Å². The standard InChI is InChI=1S/C36H32F2N6O5/c1-6-25-12-13-27(34(46)44(25)26-10-7-23(37)8-11-26)33(45)41-24-9-14-31(29(38)16-24)48-32-15-21-18-39-42(5)30(21)17-28(32)22-19-40-43(20-22)35(47)49-36(2,3)4/h7-20H,6H2,1-5H3,(H,41,45). The third kappa shape index (κ3) is 6.82. The SMILES string of the molecule is CCc1ccc(C(=O)Nc2ccc(Oc3cc4cnn(C)c4cc3-c3cnn(C(=O)OC(C)(C)C)c3)c(F)c2)c(=O)n1-c1ccc(F)cc1. The van der Waals surface area contributed by atoms with E-state index in [0.717, 1.165) is 21.7 Å². The second-order valence-electron chi connectivity index (χ2n) is 12.2. The fourth-order valence-corrected chi connectivity index (χ4v) is 5.24. The highest BCUT2D eigenvalue weighted by molar-refractivity contribution is 6.04. The molecule has 13 heteroatoms. The number of pyridine rings is 1. The maximum Gasteiger partial charge on any atom is 0.435 e. The van der Waals surface area contributed by atoms with Gasteiger partial charge in [0.1, 0.15) is 22.7 Å². The summed E-state index contributed by atoms with van der Waals surface area (Å²) in [5, 5.41) is 11.7. The molecule has 3 aromatic carbocycles. The lowest BCUT2D eigenvalue weighted by molar-refractivity contribution is 0.0514. The molecule has 0 saturated carbocycles. The highest BCUT2D eigenvalue weighted by Crippen LogP contribution is 2.38. The largest absolute Gasteiger partial charge is 0.454 e. The summed E-state index contributed by atoms with van der Waals surface area (Å²) in [4.78, 5) is 39.2. The second-order valence-corrected chi connectivity index (χ2v) is 12.2. The summed E-state index contributed by atoms with van der Waals surface area (Å²) < 4.78 is 44.6. The zero-order valence-corrected chi connectivity index (χ0v) is 27.3. The number of anilines is 1. The number of benzene rings is 3. The number of aromatic nitrogens is 5. The van der Waals surface area contributed by atoms with Crippen LogP contribution in [0.25, 0.3) is 27.7 Å². The molecule has 11 nitrogen and oxygen atoms in total. The lowest BCUT2D eigenvalue weighted by Crippen LogP contribution is -2.30. The Bertz CT molecular complexity index is 2280. The van der Waals surface area contributed by atoms with Crippen molar-refractivity contribution >= 4 is 28.6 Å². The number of nitrogens with zero attached hydrogens (tertiary/aromatic N) is 5. The number of hydrogen-bond acceptors (Lipinski definition) is 7. The van der Waals surface area contributed by atoms with Crippen LogP contribution in [0, 0.1) is 11.6 Å². The van der Waals surface area contributed by atoms with E-state index in [1.165, 1.54) is 59.4 Å². The summed E-state index contributed by atoms with van der Waals surface area (Å²) in [5.74, 6) is -1.88. The Kier molecular flexibility index (Phi) is 8.59. The lowest BCUT2D eigenvalue weighted by Gasteiger charge is -2.18. The van der Waals surface area contributed by atoms with Gasteiger partial charge in [-0.25, -0.2) is 13.6 Å². The maximum absolute atomic E-state index is 15.5. The molecule has 49 heavy (non-hydrogen) atoms. The molecule has 3 aromatic heterocycles. The molecule has 0 fully saturated rings. The molecule has 1 N–H and O–H groups in total. The van der Waals surface area contributed by atoms with E-state index in [1.807, 2.05) is 6.92 Å². The Morgan fingerprint density at radius 2 is 1.67 bits per heavy atom. The number of hydrogen-bond donors (Lipinski definition) is 1. The highest BCUT2D eigenvalue weighted by atomic mass is 19.1. The summed E-state index contributed by atoms with van der Waals surface area (Å²) in [6, 6.07) is 15.8. The van der Waals surface area contributed by atoms with Crippen LogP contribution < -0.4 is 15.6 Å². The van der Waals surface area contributed by atoms with Gasteiger partial charge in [-0.05, 0) is 87.9 Å². The number of carbonyl (C=O) groups excluding carboxylic acids is 2. The number of rotatable bonds is 7. The first-order valence-electron chi connectivity index (χ1n) is 15.3. The lowest BCUT2D eigenvalue weighted by atomic mass is 10.1. The van der Waals surface area contributed by atoms with Gasteiger partial charge in [0, 0.05) is 52.9 Å². The van der Waals surface area contributed by atoms with Crippen LogP contribution in [0.1, 0.15) is 43.7 Å². The summed E-state index contributed by atoms with van der Waals surface area (Å²) in [7, 11) is 1.78. The Balaban J connectivity index is 1.28. The normalized spacial score (nSPS) is 11.5. The number of carbonyl (C=O) groups is 2. The van der Waals surface area contributed by atoms with E-state index in [2.05, 4.69) is 15.5 Å². The molecule has 6 rings (SSSR count). The molecule has 1 amide bonds. The first-order chi connectivity index (χ1) is 23.3. The summed E-state index contributed by atoms with van der Waals surface area (Å²) in [6.45, 7) is 7.10. The Labute approximate surface area is 279 Å². The van der Waals surface area contributed by atoms with Crippen molar-refractivity contribution in [3.05, 3.63) is 119 Å². The van der Waals surface area contributed by atoms with Gasteiger partial charge in [-0.15, -0.1) is 0 Å². The van der Waals surface area contributed by atoms with Gasteiger partial charge in [-0.2, -0.15) is 14.9 Å². The molecule has 0 aliphatic carbocycles. The monoisotopic (exact) mass is 666 g/mol. The molecule has 0 bridgehead atoms. The van der Waals surface area contributed by atoms with Crippen LogP contribution in [0.4, 0.5) is 19.3 Å². The molecule has 250 valence electrons. The van der Waals surface area contributed by atoms with E-state index in [0.29, 0.717) is 28.9 Å². The average Bonchev–Trinajstić information content (AvgIpc) is 3.68. The van der Waals surface area contributed by atoms with Crippen LogP contribution >= 0.6 is 0 Å². The number of amides is 1. The molecule has 6 aromatic rings. The zero-order valence-electron chi connectivity index (χ0n) is 27.3. The maximum atomic E-state index is 15.5. The van der Waals surface area contributed by atoms with Gasteiger partial charge >= 0.3 is 6.09 Å². The van der Waals surface area contributed by atoms with Crippen molar-refractivity contribution in [2.75, 3.05) is 5.32 Å². The van der Waals surface area contributed by atoms with E-state index in [-0.39, 0.29) is 22.7 Å². The zero-order chi connectivity index (χ0) is 35.0. The van der Waals surface area contributed by atoms with Gasteiger partial charge in [0.2, 0.25) is 0 Å². The fourth-order valence-electron chi connectivity index (χ4n) is 5.24. The minimum absolute atomic E-state index is 0.0868. The molecule has 3 heterocycles. The van der Waals surface area contributed by atoms with Crippen LogP contribution in [0.3, 0.4) is 0 Å². The van der Waals surface area contributed by atoms with Gasteiger partial charge in [0.25, 0.3) is 11.5 Å². The topological polar surface area (TPSA) is 122 Å². The van der Waals surface area contributed by atoms with Crippen molar-refractivity contribution in [1.82, 2.24) is 24.1 Å². The van der Waals surface area contributed by atoms with Crippen LogP contribution in [0.15, 0.2) is 90.1 Å². The molecule has 0 aliphatic rings. The predicted molar refractivity (Wildman–Crippen MR) is 179 cm³/mol. The van der Waals surface area contributed by atoms with Gasteiger partial charge in [0.15, 0.2) is 11.6 Å². The van der Waals surface area contributed by atoms with Crippen LogP contribution in [0.5, 0.6) is 11.5 Å². The van der Waals surface area contributed by atoms with Crippen molar-refractivity contribution in [1.29, 1.82) is 0 Å². The fraction of sp³-hybridized carbons (Fsp3) is 0.194. The number of halogens is 2. The number of fused-ring (bicyclic) bond motifs is 1. The first kappa shape index (κ1) is 32.8. The van der Waals surface area contributed by atoms with Crippen molar-refractivity contribution in [2.24, 2.45) is 7.05 Å². The number of ether oxygens (including phenoxy) is 2. The van der Waals surface area contributed by atoms with Gasteiger partial charge in [-0.3, -0.25) is 18.8 Å². The Morgan fingerprint density at radius 3 is 2.37 bits per heavy atom. The smallest absolute Gasteiger partial charge is 0.435 e. The van der Waals surface area contributed by atoms with Gasteiger partial charge in [-0.1, -0.05) is 6.92 Å². The van der Waals surface area contributed by atoms with E-state index < -0.39 is 34.8 Å². The Hall–Kier alpha value is -6.11. The molecule has 0 unspecified atom stereocenters. The molecule has 0 atom stereocenters. The molecular weight excluding hydrogens is 634 g/mol. The van der Waals surface area contributed by atoms with Crippen molar-refractivity contribution < 1.29 is 27.8 Å². The van der Waals surface area contributed by atoms with E-state index in [4.69, 9.17) is 9.47 Å². The molecule has 0 radical (unpaired) electrons. The van der Waals surface area contributed by atoms with Gasteiger partial charge in [0.05, 0.1) is 17.9 Å². The molecule has 0 spiro atoms. The second kappa shape index (κ2) is 12.8. The van der Waals surface area contributed by atoms with Crippen molar-refractivity contribution in [3.8, 4) is 28.3 Å². The van der Waals surface area contributed by atoms with Crippen molar-refractivity contribution in [3.63, 3.8) is 0 Å². The van der Waals surface area contributed by atoms with Crippen molar-refractivity contribution in [2.45, 2.75) is 39.7 Å². The number of aryl methyl sites for hydroxylation is 2.